The van der Waals surface area contributed by atoms with Gasteiger partial charge in [0.05, 0.1) is 13.2 Å². The topological polar surface area (TPSA) is 89.5 Å². The Morgan fingerprint density at radius 3 is 1.38 bits per heavy atom. The van der Waals surface area contributed by atoms with Crippen LogP contribution in [0.1, 0.15) is 83.5 Å². The van der Waals surface area contributed by atoms with E-state index in [1.807, 2.05) is 48.5 Å². The summed E-state index contributed by atoms with van der Waals surface area (Å²) >= 11 is 6.21. The van der Waals surface area contributed by atoms with Crippen molar-refractivity contribution in [1.29, 1.82) is 0 Å². The molecule has 4 aliphatic rings. The van der Waals surface area contributed by atoms with Crippen molar-refractivity contribution >= 4 is 23.4 Å². The Balaban J connectivity index is 1.40. The number of benzene rings is 2. The molecule has 7 rings (SSSR count). The van der Waals surface area contributed by atoms with Gasteiger partial charge in [0, 0.05) is 18.1 Å². The summed E-state index contributed by atoms with van der Waals surface area (Å²) in [7, 11) is 0. The Hall–Kier alpha value is -3.58. The summed E-state index contributed by atoms with van der Waals surface area (Å²) in [4.78, 5) is 29.7. The van der Waals surface area contributed by atoms with Gasteiger partial charge in [-0.25, -0.2) is 4.98 Å². The molecule has 2 aromatic carbocycles. The van der Waals surface area contributed by atoms with Crippen molar-refractivity contribution in [3.05, 3.63) is 88.2 Å². The van der Waals surface area contributed by atoms with Crippen LogP contribution in [-0.2, 0) is 13.1 Å². The van der Waals surface area contributed by atoms with Crippen molar-refractivity contribution in [3.63, 3.8) is 0 Å². The summed E-state index contributed by atoms with van der Waals surface area (Å²) in [5, 5.41) is 5.94. The van der Waals surface area contributed by atoms with E-state index in [0.717, 1.165) is 35.5 Å². The summed E-state index contributed by atoms with van der Waals surface area (Å²) in [6.07, 6.45) is 9.39. The van der Waals surface area contributed by atoms with Crippen LogP contribution < -0.4 is 20.1 Å². The van der Waals surface area contributed by atoms with Crippen LogP contribution in [0, 0.1) is 0 Å². The van der Waals surface area contributed by atoms with Gasteiger partial charge in [0.2, 0.25) is 0 Å². The highest BCUT2D eigenvalue weighted by atomic mass is 35.5. The number of pyridine rings is 1. The molecule has 2 N–H and O–H groups in total. The van der Waals surface area contributed by atoms with E-state index in [4.69, 9.17) is 21.1 Å². The van der Waals surface area contributed by atoms with Gasteiger partial charge < -0.3 is 20.1 Å². The first-order valence-corrected chi connectivity index (χ1v) is 14.1. The number of hydrogen-bond acceptors (Lipinski definition) is 5. The third-order valence-corrected chi connectivity index (χ3v) is 6.80. The van der Waals surface area contributed by atoms with Crippen LogP contribution in [0.25, 0.3) is 0 Å². The highest BCUT2D eigenvalue weighted by molar-refractivity contribution is 6.31. The molecule has 0 radical (unpaired) electrons. The maximum Gasteiger partial charge on any atom is 0.270 e. The monoisotopic (exact) mass is 549 g/mol. The first-order valence-electron chi connectivity index (χ1n) is 13.7. The lowest BCUT2D eigenvalue weighted by molar-refractivity contribution is 0.0941. The number of nitrogens with zero attached hydrogens (tertiary/aromatic N) is 1. The second kappa shape index (κ2) is 15.1. The third kappa shape index (κ3) is 9.59. The number of carbonyl (C=O) groups is 2. The summed E-state index contributed by atoms with van der Waals surface area (Å²) in [5.74, 6) is 0.815. The third-order valence-electron chi connectivity index (χ3n) is 6.58. The van der Waals surface area contributed by atoms with Gasteiger partial charge >= 0.3 is 0 Å². The minimum Gasteiger partial charge on any atom is -0.494 e. The lowest BCUT2D eigenvalue weighted by Gasteiger charge is -2.10. The predicted octanol–water partition coefficient (Wildman–Crippen LogP) is 6.49. The van der Waals surface area contributed by atoms with Crippen molar-refractivity contribution in [3.8, 4) is 11.5 Å². The van der Waals surface area contributed by atoms with Gasteiger partial charge in [-0.05, 0) is 60.4 Å². The molecule has 0 spiro atoms. The Morgan fingerprint density at radius 2 is 0.974 bits per heavy atom. The van der Waals surface area contributed by atoms with Gasteiger partial charge in [-0.2, -0.15) is 0 Å². The molecule has 1 aromatic heterocycles. The van der Waals surface area contributed by atoms with Gasteiger partial charge in [0.15, 0.2) is 0 Å². The molecule has 0 saturated carbocycles. The van der Waals surface area contributed by atoms with Gasteiger partial charge in [-0.3, -0.25) is 9.59 Å². The summed E-state index contributed by atoms with van der Waals surface area (Å²) in [6.45, 7) is 2.03. The van der Waals surface area contributed by atoms with Crippen LogP contribution in [0.5, 0.6) is 11.5 Å². The van der Waals surface area contributed by atoms with Gasteiger partial charge in [-0.15, -0.1) is 0 Å². The van der Waals surface area contributed by atoms with E-state index in [1.165, 1.54) is 50.7 Å². The average Bonchev–Trinajstić information content (AvgIpc) is 2.95. The number of halogens is 1. The maximum atomic E-state index is 12.8. The van der Waals surface area contributed by atoms with Crippen molar-refractivity contribution < 1.29 is 19.1 Å². The van der Waals surface area contributed by atoms with Gasteiger partial charge in [-0.1, -0.05) is 74.4 Å². The minimum atomic E-state index is -0.411. The second-order valence-electron chi connectivity index (χ2n) is 9.73. The molecule has 5 heterocycles. The number of nitrogens with one attached hydrogen (secondary N) is 2. The Labute approximate surface area is 235 Å². The number of hydrogen-bond donors (Lipinski definition) is 2. The van der Waals surface area contributed by atoms with Crippen molar-refractivity contribution in [1.82, 2.24) is 15.6 Å². The summed E-state index contributed by atoms with van der Waals surface area (Å²) in [6, 6.07) is 18.2. The molecule has 4 aliphatic heterocycles. The van der Waals surface area contributed by atoms with Crippen molar-refractivity contribution in [2.24, 2.45) is 0 Å². The lowest BCUT2D eigenvalue weighted by Crippen LogP contribution is -2.27. The van der Waals surface area contributed by atoms with E-state index >= 15 is 0 Å². The fourth-order valence-corrected chi connectivity index (χ4v) is 4.53. The molecule has 0 unspecified atom stereocenters. The van der Waals surface area contributed by atoms with Crippen LogP contribution in [0.4, 0.5) is 0 Å². The molecule has 7 nitrogen and oxygen atoms in total. The molecule has 39 heavy (non-hydrogen) atoms. The van der Waals surface area contributed by atoms with Gasteiger partial charge in [0.1, 0.15) is 22.9 Å². The van der Waals surface area contributed by atoms with E-state index in [9.17, 15) is 9.59 Å². The fourth-order valence-electron chi connectivity index (χ4n) is 4.33. The predicted molar refractivity (Wildman–Crippen MR) is 152 cm³/mol. The molecule has 8 heteroatoms. The van der Waals surface area contributed by atoms with E-state index in [1.54, 1.807) is 0 Å². The summed E-state index contributed by atoms with van der Waals surface area (Å²) in [5.41, 5.74) is 2.02. The first kappa shape index (κ1) is 28.4. The number of carbonyl (C=O) groups excluding carboxylic acids is 2. The SMILES string of the molecule is O=C1NCc2ccc(cc2)OCCCCCCCCCCOc2ccc(cc2)CNC(=O)c2cc(Cl)cc1n2. The first-order chi connectivity index (χ1) is 19.1. The Kier molecular flexibility index (Phi) is 11.0. The number of ether oxygens (including phenoxy) is 2. The molecule has 0 atom stereocenters. The Morgan fingerprint density at radius 1 is 0.590 bits per heavy atom. The van der Waals surface area contributed by atoms with E-state index in [-0.39, 0.29) is 16.4 Å². The zero-order chi connectivity index (χ0) is 27.3. The van der Waals surface area contributed by atoms with Crippen LogP contribution in [0.3, 0.4) is 0 Å². The van der Waals surface area contributed by atoms with Crippen LogP contribution >= 0.6 is 11.6 Å². The fraction of sp³-hybridized carbons (Fsp3) is 0.387. The van der Waals surface area contributed by atoms with E-state index in [2.05, 4.69) is 15.6 Å². The molecule has 2 amide bonds. The number of amides is 2. The normalized spacial score (nSPS) is 16.5. The Bertz CT molecular complexity index is 1120. The molecular weight excluding hydrogens is 514 g/mol. The van der Waals surface area contributed by atoms with Crippen molar-refractivity contribution in [2.75, 3.05) is 13.2 Å². The lowest BCUT2D eigenvalue weighted by atomic mass is 10.1. The second-order valence-corrected chi connectivity index (χ2v) is 10.2. The largest absolute Gasteiger partial charge is 0.494 e. The maximum absolute atomic E-state index is 12.8. The van der Waals surface area contributed by atoms with Crippen molar-refractivity contribution in [2.45, 2.75) is 64.5 Å². The molecule has 3 aromatic rings. The smallest absolute Gasteiger partial charge is 0.270 e. The molecular formula is C31H36ClN3O4. The number of aromatic nitrogens is 1. The highest BCUT2D eigenvalue weighted by Crippen LogP contribution is 2.17. The van der Waals surface area contributed by atoms with Crippen LogP contribution in [0.2, 0.25) is 5.02 Å². The average molecular weight is 550 g/mol. The number of rotatable bonds is 0. The molecule has 206 valence electrons. The van der Waals surface area contributed by atoms with E-state index in [0.29, 0.717) is 26.3 Å². The molecule has 0 aliphatic carbocycles. The van der Waals surface area contributed by atoms with E-state index < -0.39 is 11.8 Å². The van der Waals surface area contributed by atoms with Gasteiger partial charge in [0.25, 0.3) is 11.8 Å². The molecule has 0 fully saturated rings. The molecule has 0 saturated heterocycles. The quantitative estimate of drug-likeness (QED) is 0.334. The van der Waals surface area contributed by atoms with Crippen LogP contribution in [0.15, 0.2) is 60.7 Å². The highest BCUT2D eigenvalue weighted by Gasteiger charge is 2.15. The molecule has 6 bridgehead atoms. The zero-order valence-electron chi connectivity index (χ0n) is 22.2. The minimum absolute atomic E-state index is 0.0815. The zero-order valence-corrected chi connectivity index (χ0v) is 23.0. The standard InChI is InChI=1S/C31H36ClN3O4/c32-25-19-28-30(36)33-21-23-9-13-26(14-10-23)38-17-7-5-3-1-2-4-6-8-18-39-27-15-11-24(12-16-27)22-34-31(37)29(20-25)35-28/h9-16,19-20H,1-8,17-18,21-22H2,(H,33,36)(H,34,37). The van der Waals surface area contributed by atoms with Crippen LogP contribution in [-0.4, -0.2) is 30.0 Å². The summed E-state index contributed by atoms with van der Waals surface area (Å²) < 4.78 is 11.7.